The van der Waals surface area contributed by atoms with Crippen LogP contribution in [-0.4, -0.2) is 30.7 Å². The van der Waals surface area contributed by atoms with E-state index in [2.05, 4.69) is 10.1 Å². The first kappa shape index (κ1) is 19.9. The zero-order valence-electron chi connectivity index (χ0n) is 14.2. The van der Waals surface area contributed by atoms with Crippen molar-refractivity contribution < 1.29 is 26.2 Å². The smallest absolute Gasteiger partial charge is 0.254 e. The molecule has 1 aliphatic rings. The summed E-state index contributed by atoms with van der Waals surface area (Å²) >= 11 is 0.175. The lowest BCUT2D eigenvalue weighted by molar-refractivity contribution is -0.289. The lowest BCUT2D eigenvalue weighted by atomic mass is 9.95. The molecular weight excluding hydrogens is 409 g/mol. The van der Waals surface area contributed by atoms with Gasteiger partial charge in [0.2, 0.25) is 4.96 Å². The average molecular weight is 423 g/mol. The van der Waals surface area contributed by atoms with E-state index in [1.165, 1.54) is 6.20 Å². The standard InChI is InChI=1S/C16H14F5N3OS2/c1-3-9-6-5-7-11(27(25)4-2)12(9)10-8-24-14(22-10)26-13(23-24)15(17,18)16(19,20)21/h3,5,7-8H,4,6H2,1-2H3/b9-3-. The highest BCUT2D eigenvalue weighted by atomic mass is 32.2. The minimum atomic E-state index is -5.73. The van der Waals surface area contributed by atoms with E-state index < -0.39 is 27.9 Å². The molecule has 0 aromatic carbocycles. The summed E-state index contributed by atoms with van der Waals surface area (Å²) < 4.78 is 77.8. The van der Waals surface area contributed by atoms with Crippen molar-refractivity contribution in [3.05, 3.63) is 45.6 Å². The fraction of sp³-hybridized carbons (Fsp3) is 0.375. The van der Waals surface area contributed by atoms with Crippen molar-refractivity contribution in [1.82, 2.24) is 14.6 Å². The molecule has 0 N–H and O–H groups in total. The molecular formula is C16H14F5N3OS2. The van der Waals surface area contributed by atoms with Gasteiger partial charge in [-0.1, -0.05) is 30.4 Å². The Morgan fingerprint density at radius 3 is 2.59 bits per heavy atom. The quantitative estimate of drug-likeness (QED) is 0.662. The van der Waals surface area contributed by atoms with Gasteiger partial charge in [-0.15, -0.1) is 0 Å². The Morgan fingerprint density at radius 2 is 2.04 bits per heavy atom. The second-order valence-electron chi connectivity index (χ2n) is 5.63. The first-order valence-corrected chi connectivity index (χ1v) is 10.00. The maximum atomic E-state index is 13.5. The van der Waals surface area contributed by atoms with E-state index >= 15 is 0 Å². The summed E-state index contributed by atoms with van der Waals surface area (Å²) in [6.45, 7) is 3.57. The summed E-state index contributed by atoms with van der Waals surface area (Å²) in [4.78, 5) is 4.62. The molecule has 0 radical (unpaired) electrons. The van der Waals surface area contributed by atoms with Crippen molar-refractivity contribution in [3.63, 3.8) is 0 Å². The van der Waals surface area contributed by atoms with Crippen LogP contribution in [0.3, 0.4) is 0 Å². The van der Waals surface area contributed by atoms with E-state index in [1.54, 1.807) is 19.9 Å². The van der Waals surface area contributed by atoms with Gasteiger partial charge in [-0.05, 0) is 25.0 Å². The number of aromatic nitrogens is 3. The van der Waals surface area contributed by atoms with Crippen LogP contribution in [0, 0.1) is 0 Å². The van der Waals surface area contributed by atoms with Crippen LogP contribution in [0.25, 0.3) is 10.5 Å². The molecule has 1 unspecified atom stereocenters. The third-order valence-electron chi connectivity index (χ3n) is 3.95. The van der Waals surface area contributed by atoms with Gasteiger partial charge >= 0.3 is 12.1 Å². The number of rotatable bonds is 4. The third kappa shape index (κ3) is 3.38. The predicted molar refractivity (Wildman–Crippen MR) is 93.9 cm³/mol. The van der Waals surface area contributed by atoms with Gasteiger partial charge in [0.05, 0.1) is 22.7 Å². The minimum Gasteiger partial charge on any atom is -0.254 e. The molecule has 0 saturated carbocycles. The Morgan fingerprint density at radius 1 is 1.33 bits per heavy atom. The molecule has 0 fully saturated rings. The molecule has 2 aromatic heterocycles. The van der Waals surface area contributed by atoms with Crippen LogP contribution in [0.1, 0.15) is 31.0 Å². The lowest BCUT2D eigenvalue weighted by Crippen LogP contribution is -2.33. The second kappa shape index (κ2) is 6.93. The van der Waals surface area contributed by atoms with Crippen LogP contribution < -0.4 is 0 Å². The maximum Gasteiger partial charge on any atom is 0.460 e. The Balaban J connectivity index is 2.12. The van der Waals surface area contributed by atoms with E-state index in [9.17, 15) is 26.2 Å². The molecule has 0 bridgehead atoms. The predicted octanol–water partition coefficient (Wildman–Crippen LogP) is 4.83. The monoisotopic (exact) mass is 423 g/mol. The van der Waals surface area contributed by atoms with Gasteiger partial charge < -0.3 is 0 Å². The summed E-state index contributed by atoms with van der Waals surface area (Å²) in [6, 6.07) is 0. The Kier molecular flexibility index (Phi) is 5.10. The van der Waals surface area contributed by atoms with Crippen LogP contribution in [-0.2, 0) is 16.7 Å². The van der Waals surface area contributed by atoms with Gasteiger partial charge in [-0.3, -0.25) is 4.21 Å². The molecule has 0 saturated heterocycles. The highest BCUT2D eigenvalue weighted by molar-refractivity contribution is 7.89. The summed E-state index contributed by atoms with van der Waals surface area (Å²) in [5, 5.41) is 2.00. The summed E-state index contributed by atoms with van der Waals surface area (Å²) in [6.07, 6.45) is 1.55. The summed E-state index contributed by atoms with van der Waals surface area (Å²) in [5.74, 6) is -4.67. The fourth-order valence-electron chi connectivity index (χ4n) is 2.60. The van der Waals surface area contributed by atoms with Gasteiger partial charge in [-0.2, -0.15) is 27.1 Å². The van der Waals surface area contributed by atoms with Crippen molar-refractivity contribution in [2.45, 2.75) is 32.4 Å². The van der Waals surface area contributed by atoms with Crippen molar-refractivity contribution in [2.75, 3.05) is 5.75 Å². The SMILES string of the molecule is C/C=C1/CC=CC(S(=O)CC)=C1c1cn2nc(C(F)(F)C(F)(F)F)sc2n1. The molecule has 27 heavy (non-hydrogen) atoms. The summed E-state index contributed by atoms with van der Waals surface area (Å²) in [7, 11) is -1.29. The van der Waals surface area contributed by atoms with Crippen LogP contribution in [0.5, 0.6) is 0 Å². The van der Waals surface area contributed by atoms with E-state index in [4.69, 9.17) is 0 Å². The zero-order chi connectivity index (χ0) is 20.0. The minimum absolute atomic E-state index is 0.0944. The molecule has 146 valence electrons. The number of hydrogen-bond donors (Lipinski definition) is 0. The molecule has 3 rings (SSSR count). The summed E-state index contributed by atoms with van der Waals surface area (Å²) in [5.41, 5.74) is 1.78. The molecule has 2 aromatic rings. The van der Waals surface area contributed by atoms with Gasteiger partial charge in [0, 0.05) is 16.2 Å². The molecule has 0 spiro atoms. The zero-order valence-corrected chi connectivity index (χ0v) is 15.8. The van der Waals surface area contributed by atoms with E-state index in [0.717, 1.165) is 10.1 Å². The van der Waals surface area contributed by atoms with Crippen LogP contribution in [0.15, 0.2) is 34.9 Å². The highest BCUT2D eigenvalue weighted by Crippen LogP contribution is 2.45. The van der Waals surface area contributed by atoms with Crippen molar-refractivity contribution in [3.8, 4) is 0 Å². The van der Waals surface area contributed by atoms with Gasteiger partial charge in [0.15, 0.2) is 5.01 Å². The van der Waals surface area contributed by atoms with Crippen LogP contribution in [0.2, 0.25) is 0 Å². The third-order valence-corrected chi connectivity index (χ3v) is 6.30. The van der Waals surface area contributed by atoms with Crippen LogP contribution in [0.4, 0.5) is 22.0 Å². The molecule has 1 atom stereocenters. The van der Waals surface area contributed by atoms with Crippen molar-refractivity contribution >= 4 is 32.7 Å². The Labute approximate surface area is 157 Å². The van der Waals surface area contributed by atoms with Crippen molar-refractivity contribution in [2.24, 2.45) is 0 Å². The number of allylic oxidation sites excluding steroid dienone is 5. The molecule has 0 aliphatic heterocycles. The fourth-order valence-corrected chi connectivity index (χ4v) is 4.50. The number of nitrogens with zero attached hydrogens (tertiary/aromatic N) is 3. The lowest BCUT2D eigenvalue weighted by Gasteiger charge is -2.17. The largest absolute Gasteiger partial charge is 0.460 e. The number of alkyl halides is 5. The molecule has 0 amide bonds. The molecule has 4 nitrogen and oxygen atoms in total. The van der Waals surface area contributed by atoms with Gasteiger partial charge in [-0.25, -0.2) is 9.50 Å². The normalized spacial score (nSPS) is 18.7. The number of halogens is 5. The highest BCUT2D eigenvalue weighted by Gasteiger charge is 2.61. The molecule has 1 aliphatic carbocycles. The number of imidazole rings is 1. The van der Waals surface area contributed by atoms with E-state index in [-0.39, 0.29) is 16.3 Å². The van der Waals surface area contributed by atoms with E-state index in [1.807, 2.05) is 12.2 Å². The molecule has 2 heterocycles. The van der Waals surface area contributed by atoms with E-state index in [0.29, 0.717) is 28.3 Å². The first-order chi connectivity index (χ1) is 12.6. The maximum absolute atomic E-state index is 13.5. The van der Waals surface area contributed by atoms with Gasteiger partial charge in [0.25, 0.3) is 0 Å². The van der Waals surface area contributed by atoms with Crippen LogP contribution >= 0.6 is 11.3 Å². The Bertz CT molecular complexity index is 966. The number of fused-ring (bicyclic) bond motifs is 1. The Hall–Kier alpha value is -1.88. The average Bonchev–Trinajstić information content (AvgIpc) is 3.18. The van der Waals surface area contributed by atoms with Gasteiger partial charge in [0.1, 0.15) is 0 Å². The second-order valence-corrected chi connectivity index (χ2v) is 8.29. The first-order valence-electron chi connectivity index (χ1n) is 7.86. The van der Waals surface area contributed by atoms with Crippen molar-refractivity contribution in [1.29, 1.82) is 0 Å². The molecule has 11 heteroatoms. The topological polar surface area (TPSA) is 47.3 Å². The number of hydrogen-bond acceptors (Lipinski definition) is 4.